The van der Waals surface area contributed by atoms with E-state index in [4.69, 9.17) is 16.3 Å². The van der Waals surface area contributed by atoms with E-state index < -0.39 is 11.8 Å². The van der Waals surface area contributed by atoms with E-state index in [9.17, 15) is 9.18 Å². The molecule has 104 valence electrons. The summed E-state index contributed by atoms with van der Waals surface area (Å²) < 4.78 is 17.9. The smallest absolute Gasteiger partial charge is 0.341 e. The third-order valence-electron chi connectivity index (χ3n) is 2.65. The summed E-state index contributed by atoms with van der Waals surface area (Å²) >= 11 is 5.96. The maximum atomic E-state index is 13.0. The summed E-state index contributed by atoms with van der Waals surface area (Å²) in [7, 11) is 0. The van der Waals surface area contributed by atoms with Crippen LogP contribution in [0.5, 0.6) is 0 Å². The van der Waals surface area contributed by atoms with Crippen LogP contribution in [0.2, 0.25) is 5.02 Å². The Morgan fingerprint density at radius 3 is 2.80 bits per heavy atom. The Bertz CT molecular complexity index is 662. The monoisotopic (exact) mass is 294 g/mol. The van der Waals surface area contributed by atoms with Gasteiger partial charge in [0.1, 0.15) is 5.82 Å². The van der Waals surface area contributed by atoms with E-state index in [-0.39, 0.29) is 11.6 Å². The van der Waals surface area contributed by atoms with Gasteiger partial charge in [-0.1, -0.05) is 11.6 Å². The Labute approximate surface area is 120 Å². The maximum absolute atomic E-state index is 13.0. The van der Waals surface area contributed by atoms with Crippen LogP contribution in [0.15, 0.2) is 24.4 Å². The fraction of sp³-hybridized carbons (Fsp3) is 0.214. The molecule has 4 nitrogen and oxygen atoms in total. The number of carbonyl (C=O) groups excluding carboxylic acids is 1. The zero-order valence-corrected chi connectivity index (χ0v) is 11.7. The molecule has 0 aliphatic carbocycles. The molecule has 1 aromatic heterocycles. The fourth-order valence-corrected chi connectivity index (χ4v) is 1.93. The molecular formula is C14H12ClFN2O2. The lowest BCUT2D eigenvalue weighted by Crippen LogP contribution is -2.09. The highest BCUT2D eigenvalue weighted by Crippen LogP contribution is 2.26. The first-order valence-corrected chi connectivity index (χ1v) is 6.37. The summed E-state index contributed by atoms with van der Waals surface area (Å²) in [6.07, 6.45) is 1.38. The first kappa shape index (κ1) is 14.4. The summed E-state index contributed by atoms with van der Waals surface area (Å²) in [5, 5.41) is 0.216. The molecule has 1 heterocycles. The van der Waals surface area contributed by atoms with Crippen LogP contribution in [0, 0.1) is 12.7 Å². The third kappa shape index (κ3) is 2.93. The van der Waals surface area contributed by atoms with E-state index >= 15 is 0 Å². The number of aromatic nitrogens is 2. The standard InChI is InChI=1S/C14H12ClFN2O2/c1-3-20-14(19)11-7-17-13(18-8(11)2)10-5-4-9(16)6-12(10)15/h4-7H,3H2,1-2H3. The van der Waals surface area contributed by atoms with Crippen molar-refractivity contribution in [2.45, 2.75) is 13.8 Å². The van der Waals surface area contributed by atoms with Crippen molar-refractivity contribution in [2.24, 2.45) is 0 Å². The topological polar surface area (TPSA) is 52.1 Å². The molecule has 0 spiro atoms. The number of hydrogen-bond donors (Lipinski definition) is 0. The molecule has 0 N–H and O–H groups in total. The number of carbonyl (C=O) groups is 1. The van der Waals surface area contributed by atoms with Gasteiger partial charge >= 0.3 is 5.97 Å². The predicted octanol–water partition coefficient (Wildman–Crippen LogP) is 3.42. The molecule has 6 heteroatoms. The Morgan fingerprint density at radius 2 is 2.20 bits per heavy atom. The molecule has 20 heavy (non-hydrogen) atoms. The highest BCUT2D eigenvalue weighted by Gasteiger charge is 2.14. The van der Waals surface area contributed by atoms with Crippen LogP contribution in [-0.4, -0.2) is 22.5 Å². The van der Waals surface area contributed by atoms with E-state index in [2.05, 4.69) is 9.97 Å². The molecule has 0 bridgehead atoms. The van der Waals surface area contributed by atoms with Gasteiger partial charge in [0.05, 0.1) is 22.9 Å². The molecule has 2 rings (SSSR count). The van der Waals surface area contributed by atoms with E-state index in [1.54, 1.807) is 13.8 Å². The summed E-state index contributed by atoms with van der Waals surface area (Å²) in [5.74, 6) is -0.569. The van der Waals surface area contributed by atoms with E-state index in [0.717, 1.165) is 0 Å². The largest absolute Gasteiger partial charge is 0.462 e. The quantitative estimate of drug-likeness (QED) is 0.814. The number of rotatable bonds is 3. The first-order chi connectivity index (χ1) is 9.52. The molecule has 0 saturated heterocycles. The zero-order valence-electron chi connectivity index (χ0n) is 11.0. The minimum atomic E-state index is -0.471. The van der Waals surface area contributed by atoms with Crippen LogP contribution in [0.3, 0.4) is 0 Å². The molecular weight excluding hydrogens is 283 g/mol. The molecule has 0 aliphatic heterocycles. The summed E-state index contributed by atoms with van der Waals surface area (Å²) in [4.78, 5) is 20.0. The second kappa shape index (κ2) is 5.96. The van der Waals surface area contributed by atoms with Crippen molar-refractivity contribution in [2.75, 3.05) is 6.61 Å². The van der Waals surface area contributed by atoms with Gasteiger partial charge in [-0.15, -0.1) is 0 Å². The maximum Gasteiger partial charge on any atom is 0.341 e. The van der Waals surface area contributed by atoms with Gasteiger partial charge in [-0.05, 0) is 32.0 Å². The highest BCUT2D eigenvalue weighted by atomic mass is 35.5. The van der Waals surface area contributed by atoms with E-state index in [1.165, 1.54) is 24.4 Å². The SMILES string of the molecule is CCOC(=O)c1cnc(-c2ccc(F)cc2Cl)nc1C. The van der Waals surface area contributed by atoms with Gasteiger partial charge in [0.25, 0.3) is 0 Å². The second-order valence-electron chi connectivity index (χ2n) is 4.04. The normalized spacial score (nSPS) is 10.4. The lowest BCUT2D eigenvalue weighted by molar-refractivity contribution is 0.0524. The molecule has 0 saturated carbocycles. The van der Waals surface area contributed by atoms with Crippen molar-refractivity contribution in [3.05, 3.63) is 46.5 Å². The minimum absolute atomic E-state index is 0.216. The average molecular weight is 295 g/mol. The second-order valence-corrected chi connectivity index (χ2v) is 4.44. The molecule has 0 aliphatic rings. The van der Waals surface area contributed by atoms with Gasteiger partial charge in [-0.3, -0.25) is 0 Å². The van der Waals surface area contributed by atoms with Crippen molar-refractivity contribution < 1.29 is 13.9 Å². The predicted molar refractivity (Wildman–Crippen MR) is 73.1 cm³/mol. The fourth-order valence-electron chi connectivity index (χ4n) is 1.68. The van der Waals surface area contributed by atoms with E-state index in [1.807, 2.05) is 0 Å². The number of hydrogen-bond acceptors (Lipinski definition) is 4. The van der Waals surface area contributed by atoms with Crippen LogP contribution in [-0.2, 0) is 4.74 Å². The lowest BCUT2D eigenvalue weighted by Gasteiger charge is -2.07. The Kier molecular flexibility index (Phi) is 4.29. The molecule has 2 aromatic rings. The van der Waals surface area contributed by atoms with Gasteiger partial charge in [0.2, 0.25) is 0 Å². The molecule has 0 atom stereocenters. The molecule has 0 fully saturated rings. The Morgan fingerprint density at radius 1 is 1.45 bits per heavy atom. The number of esters is 1. The molecule has 0 amide bonds. The van der Waals surface area contributed by atoms with Gasteiger partial charge < -0.3 is 4.74 Å². The van der Waals surface area contributed by atoms with Crippen molar-refractivity contribution in [1.29, 1.82) is 0 Å². The minimum Gasteiger partial charge on any atom is -0.462 e. The van der Waals surface area contributed by atoms with Gasteiger partial charge in [0.15, 0.2) is 5.82 Å². The Hall–Kier alpha value is -2.01. The van der Waals surface area contributed by atoms with Crippen LogP contribution >= 0.6 is 11.6 Å². The first-order valence-electron chi connectivity index (χ1n) is 5.99. The number of aryl methyl sites for hydroxylation is 1. The number of ether oxygens (including phenoxy) is 1. The van der Waals surface area contributed by atoms with E-state index in [0.29, 0.717) is 22.6 Å². The van der Waals surface area contributed by atoms with Gasteiger partial charge in [-0.2, -0.15) is 0 Å². The third-order valence-corrected chi connectivity index (χ3v) is 2.96. The Balaban J connectivity index is 2.40. The zero-order chi connectivity index (χ0) is 14.7. The highest BCUT2D eigenvalue weighted by molar-refractivity contribution is 6.33. The summed E-state index contributed by atoms with van der Waals surface area (Å²) in [6, 6.07) is 3.96. The van der Waals surface area contributed by atoms with Crippen molar-refractivity contribution in [1.82, 2.24) is 9.97 Å². The summed E-state index contributed by atoms with van der Waals surface area (Å²) in [5.41, 5.74) is 1.29. The lowest BCUT2D eigenvalue weighted by atomic mass is 10.2. The van der Waals surface area contributed by atoms with Crippen LogP contribution in [0.4, 0.5) is 4.39 Å². The molecule has 1 aromatic carbocycles. The van der Waals surface area contributed by atoms with Crippen LogP contribution in [0.1, 0.15) is 23.0 Å². The van der Waals surface area contributed by atoms with Crippen LogP contribution in [0.25, 0.3) is 11.4 Å². The number of benzene rings is 1. The number of nitrogens with zero attached hydrogens (tertiary/aromatic N) is 2. The van der Waals surface area contributed by atoms with Gasteiger partial charge in [-0.25, -0.2) is 19.2 Å². The summed E-state index contributed by atoms with van der Waals surface area (Å²) in [6.45, 7) is 3.68. The average Bonchev–Trinajstić information content (AvgIpc) is 2.38. The van der Waals surface area contributed by atoms with Crippen molar-refractivity contribution >= 4 is 17.6 Å². The van der Waals surface area contributed by atoms with Crippen molar-refractivity contribution in [3.63, 3.8) is 0 Å². The van der Waals surface area contributed by atoms with Crippen LogP contribution < -0.4 is 0 Å². The molecule has 0 unspecified atom stereocenters. The van der Waals surface area contributed by atoms with Gasteiger partial charge in [0, 0.05) is 11.8 Å². The molecule has 0 radical (unpaired) electrons. The van der Waals surface area contributed by atoms with Crippen molar-refractivity contribution in [3.8, 4) is 11.4 Å². The number of halogens is 2.